The third kappa shape index (κ3) is 3.71. The maximum atomic E-state index is 11.3. The second kappa shape index (κ2) is 5.58. The zero-order valence-electron chi connectivity index (χ0n) is 9.63. The van der Waals surface area contributed by atoms with Crippen LogP contribution in [0.2, 0.25) is 0 Å². The average Bonchev–Trinajstić information content (AvgIpc) is 2.62. The topological polar surface area (TPSA) is 69.2 Å². The van der Waals surface area contributed by atoms with Crippen LogP contribution in [-0.2, 0) is 9.84 Å². The van der Waals surface area contributed by atoms with Gasteiger partial charge in [-0.25, -0.2) is 8.42 Å². The van der Waals surface area contributed by atoms with Crippen molar-refractivity contribution in [2.24, 2.45) is 0 Å². The summed E-state index contributed by atoms with van der Waals surface area (Å²) in [5.74, 6) is 0.135. The van der Waals surface area contributed by atoms with Gasteiger partial charge in [0.25, 0.3) is 5.88 Å². The van der Waals surface area contributed by atoms with Gasteiger partial charge in [-0.1, -0.05) is 19.8 Å². The van der Waals surface area contributed by atoms with Gasteiger partial charge >= 0.3 is 0 Å². The van der Waals surface area contributed by atoms with Crippen LogP contribution in [0.3, 0.4) is 0 Å². The Kier molecular flexibility index (Phi) is 4.67. The highest BCUT2D eigenvalue weighted by Crippen LogP contribution is 2.22. The minimum Gasteiger partial charge on any atom is -0.472 e. The number of nitrogens with zero attached hydrogens (tertiary/aromatic N) is 2. The second-order valence-corrected chi connectivity index (χ2v) is 6.18. The maximum absolute atomic E-state index is 11.3. The summed E-state index contributed by atoms with van der Waals surface area (Å²) in [5.41, 5.74) is 0. The van der Waals surface area contributed by atoms with Crippen molar-refractivity contribution >= 4 is 21.6 Å². The normalized spacial score (nSPS) is 13.7. The molecule has 0 N–H and O–H groups in total. The Morgan fingerprint density at radius 3 is 2.69 bits per heavy atom. The number of sulfone groups is 1. The summed E-state index contributed by atoms with van der Waals surface area (Å²) in [7, 11) is -3.34. The molecule has 92 valence electrons. The Morgan fingerprint density at radius 1 is 1.44 bits per heavy atom. The summed E-state index contributed by atoms with van der Waals surface area (Å²) in [6, 6.07) is 0. The van der Waals surface area contributed by atoms with E-state index in [9.17, 15) is 8.42 Å². The van der Waals surface area contributed by atoms with Gasteiger partial charge in [-0.2, -0.15) is 4.37 Å². The molecule has 7 heteroatoms. The Balaban J connectivity index is 2.71. The lowest BCUT2D eigenvalue weighted by molar-refractivity contribution is 0.195. The number of aromatic nitrogens is 2. The Hall–Kier alpha value is -0.690. The number of rotatable bonds is 6. The lowest BCUT2D eigenvalue weighted by Gasteiger charge is -2.11. The highest BCUT2D eigenvalue weighted by Gasteiger charge is 2.21. The first-order valence-electron chi connectivity index (χ1n) is 5.14. The van der Waals surface area contributed by atoms with E-state index in [0.29, 0.717) is 0 Å². The van der Waals surface area contributed by atoms with Crippen molar-refractivity contribution in [2.45, 2.75) is 44.2 Å². The van der Waals surface area contributed by atoms with Crippen LogP contribution >= 0.6 is 11.7 Å². The van der Waals surface area contributed by atoms with Crippen LogP contribution in [0, 0.1) is 0 Å². The smallest absolute Gasteiger partial charge is 0.265 e. The van der Waals surface area contributed by atoms with Crippen LogP contribution in [0.1, 0.15) is 33.1 Å². The number of hydrogen-bond donors (Lipinski definition) is 0. The van der Waals surface area contributed by atoms with Crippen molar-refractivity contribution in [2.75, 3.05) is 6.26 Å². The van der Waals surface area contributed by atoms with Crippen molar-refractivity contribution in [3.05, 3.63) is 0 Å². The van der Waals surface area contributed by atoms with E-state index in [0.717, 1.165) is 37.2 Å². The van der Waals surface area contributed by atoms with Gasteiger partial charge in [-0.15, -0.1) is 4.37 Å². The van der Waals surface area contributed by atoms with E-state index in [1.165, 1.54) is 0 Å². The molecule has 0 amide bonds. The first-order valence-corrected chi connectivity index (χ1v) is 7.76. The van der Waals surface area contributed by atoms with E-state index in [2.05, 4.69) is 15.7 Å². The standard InChI is InChI=1S/C9H16N2O3S2/c1-4-5-6-7(2)14-8-9(11-15-10-8)16(3,12)13/h7H,4-6H2,1-3H3. The molecule has 0 fully saturated rings. The fourth-order valence-corrected chi connectivity index (χ4v) is 2.72. The van der Waals surface area contributed by atoms with E-state index in [1.54, 1.807) is 0 Å². The summed E-state index contributed by atoms with van der Waals surface area (Å²) < 4.78 is 35.7. The lowest BCUT2D eigenvalue weighted by atomic mass is 10.2. The molecule has 0 aliphatic heterocycles. The van der Waals surface area contributed by atoms with E-state index in [1.807, 2.05) is 6.92 Å². The quantitative estimate of drug-likeness (QED) is 0.785. The highest BCUT2D eigenvalue weighted by atomic mass is 32.2. The van der Waals surface area contributed by atoms with Gasteiger partial charge in [-0.3, -0.25) is 0 Å². The first kappa shape index (κ1) is 13.4. The second-order valence-electron chi connectivity index (χ2n) is 3.72. The zero-order chi connectivity index (χ0) is 12.2. The van der Waals surface area contributed by atoms with Crippen LogP contribution in [0.15, 0.2) is 5.03 Å². The molecule has 16 heavy (non-hydrogen) atoms. The summed E-state index contributed by atoms with van der Waals surface area (Å²) in [6.45, 7) is 4.00. The first-order chi connectivity index (χ1) is 7.45. The summed E-state index contributed by atoms with van der Waals surface area (Å²) >= 11 is 0.855. The molecule has 1 atom stereocenters. The fraction of sp³-hybridized carbons (Fsp3) is 0.778. The number of unbranched alkanes of at least 4 members (excludes halogenated alkanes) is 1. The molecule has 1 aromatic rings. The Morgan fingerprint density at radius 2 is 2.12 bits per heavy atom. The molecule has 0 aliphatic rings. The van der Waals surface area contributed by atoms with Crippen molar-refractivity contribution < 1.29 is 13.2 Å². The molecule has 1 rings (SSSR count). The van der Waals surface area contributed by atoms with Gasteiger partial charge in [0.1, 0.15) is 0 Å². The van der Waals surface area contributed by atoms with Crippen molar-refractivity contribution in [3.63, 3.8) is 0 Å². The molecule has 0 saturated heterocycles. The van der Waals surface area contributed by atoms with E-state index >= 15 is 0 Å². The van der Waals surface area contributed by atoms with Gasteiger partial charge in [0.05, 0.1) is 17.8 Å². The zero-order valence-corrected chi connectivity index (χ0v) is 11.3. The third-order valence-corrected chi connectivity index (χ3v) is 3.65. The Labute approximate surface area is 100 Å². The van der Waals surface area contributed by atoms with E-state index in [-0.39, 0.29) is 17.0 Å². The molecular weight excluding hydrogens is 248 g/mol. The predicted octanol–water partition coefficient (Wildman–Crippen LogP) is 1.90. The van der Waals surface area contributed by atoms with Crippen LogP contribution in [0.4, 0.5) is 0 Å². The van der Waals surface area contributed by atoms with Crippen molar-refractivity contribution in [1.29, 1.82) is 0 Å². The van der Waals surface area contributed by atoms with Gasteiger partial charge in [-0.05, 0) is 13.3 Å². The lowest BCUT2D eigenvalue weighted by Crippen LogP contribution is -2.13. The van der Waals surface area contributed by atoms with Crippen LogP contribution < -0.4 is 4.74 Å². The van der Waals surface area contributed by atoms with E-state index in [4.69, 9.17) is 4.74 Å². The molecule has 0 spiro atoms. The van der Waals surface area contributed by atoms with E-state index < -0.39 is 9.84 Å². The molecular formula is C9H16N2O3S2. The van der Waals surface area contributed by atoms with Gasteiger partial charge in [0, 0.05) is 6.26 Å². The molecule has 0 bridgehead atoms. The average molecular weight is 264 g/mol. The molecule has 1 heterocycles. The molecule has 0 aromatic carbocycles. The molecule has 1 aromatic heterocycles. The van der Waals surface area contributed by atoms with Crippen LogP contribution in [0.5, 0.6) is 5.88 Å². The SMILES string of the molecule is CCCCC(C)Oc1nsnc1S(C)(=O)=O. The highest BCUT2D eigenvalue weighted by molar-refractivity contribution is 7.90. The van der Waals surface area contributed by atoms with Gasteiger partial charge in [0.2, 0.25) is 5.03 Å². The largest absolute Gasteiger partial charge is 0.472 e. The predicted molar refractivity (Wildman–Crippen MR) is 62.6 cm³/mol. The fourth-order valence-electron chi connectivity index (χ4n) is 1.21. The number of ether oxygens (including phenoxy) is 1. The minimum absolute atomic E-state index is 0.0376. The monoisotopic (exact) mass is 264 g/mol. The maximum Gasteiger partial charge on any atom is 0.265 e. The summed E-state index contributed by atoms with van der Waals surface area (Å²) in [6.07, 6.45) is 4.09. The van der Waals surface area contributed by atoms with Gasteiger partial charge < -0.3 is 4.74 Å². The number of hydrogen-bond acceptors (Lipinski definition) is 6. The van der Waals surface area contributed by atoms with Gasteiger partial charge in [0.15, 0.2) is 9.84 Å². The van der Waals surface area contributed by atoms with Crippen molar-refractivity contribution in [1.82, 2.24) is 8.75 Å². The summed E-state index contributed by atoms with van der Waals surface area (Å²) in [5, 5.41) is -0.0548. The third-order valence-electron chi connectivity index (χ3n) is 2.06. The minimum atomic E-state index is -3.34. The Bertz CT molecular complexity index is 428. The molecule has 0 radical (unpaired) electrons. The molecule has 5 nitrogen and oxygen atoms in total. The molecule has 0 saturated carbocycles. The van der Waals surface area contributed by atoms with Crippen molar-refractivity contribution in [3.8, 4) is 5.88 Å². The van der Waals surface area contributed by atoms with Crippen LogP contribution in [0.25, 0.3) is 0 Å². The molecule has 0 aliphatic carbocycles. The van der Waals surface area contributed by atoms with Crippen LogP contribution in [-0.4, -0.2) is 29.5 Å². The molecule has 1 unspecified atom stereocenters. The summed E-state index contributed by atoms with van der Waals surface area (Å²) in [4.78, 5) is 0.